The van der Waals surface area contributed by atoms with Gasteiger partial charge in [0.1, 0.15) is 18.9 Å². The zero-order valence-electron chi connectivity index (χ0n) is 9.39. The number of hydrogen-bond donors (Lipinski definition) is 1. The maximum Gasteiger partial charge on any atom is 0.131 e. The summed E-state index contributed by atoms with van der Waals surface area (Å²) in [6.45, 7) is 1.38. The van der Waals surface area contributed by atoms with Crippen molar-refractivity contribution in [3.63, 3.8) is 0 Å². The summed E-state index contributed by atoms with van der Waals surface area (Å²) in [5.41, 5.74) is 0.487. The van der Waals surface area contributed by atoms with Crippen LogP contribution in [0, 0.1) is 28.5 Å². The highest BCUT2D eigenvalue weighted by Gasteiger charge is 2.17. The third-order valence-electron chi connectivity index (χ3n) is 2.31. The molecule has 0 aliphatic carbocycles. The van der Waals surface area contributed by atoms with Crippen LogP contribution in [-0.4, -0.2) is 18.2 Å². The van der Waals surface area contributed by atoms with Gasteiger partial charge in [-0.3, -0.25) is 0 Å². The minimum atomic E-state index is -0.994. The fraction of sp³-hybridized carbons (Fsp3) is 0.333. The molecule has 1 aromatic carbocycles. The first-order valence-corrected chi connectivity index (χ1v) is 5.07. The van der Waals surface area contributed by atoms with Crippen LogP contribution in [0.1, 0.15) is 18.6 Å². The molecule has 1 aromatic rings. The van der Waals surface area contributed by atoms with Crippen molar-refractivity contribution in [3.8, 4) is 12.1 Å². The molecule has 0 aromatic heterocycles. The summed E-state index contributed by atoms with van der Waals surface area (Å²) >= 11 is 0. The molecule has 88 valence electrons. The van der Waals surface area contributed by atoms with E-state index >= 15 is 0 Å². The van der Waals surface area contributed by atoms with Crippen LogP contribution in [0.2, 0.25) is 0 Å². The predicted molar refractivity (Wildman–Crippen MR) is 60.5 cm³/mol. The molecule has 5 heteroatoms. The van der Waals surface area contributed by atoms with Gasteiger partial charge in [0.15, 0.2) is 0 Å². The van der Waals surface area contributed by atoms with Crippen LogP contribution >= 0.6 is 0 Å². The Morgan fingerprint density at radius 2 is 1.94 bits per heavy atom. The van der Waals surface area contributed by atoms with Gasteiger partial charge in [-0.05, 0) is 19.1 Å². The van der Waals surface area contributed by atoms with Gasteiger partial charge in [0.25, 0.3) is 0 Å². The molecule has 17 heavy (non-hydrogen) atoms. The molecule has 0 radical (unpaired) electrons. The Bertz CT molecular complexity index is 458. The summed E-state index contributed by atoms with van der Waals surface area (Å²) < 4.78 is 13.6. The summed E-state index contributed by atoms with van der Waals surface area (Å²) in [4.78, 5) is 1.42. The molecule has 1 N–H and O–H groups in total. The second-order valence-corrected chi connectivity index (χ2v) is 3.52. The Morgan fingerprint density at radius 3 is 2.41 bits per heavy atom. The number of aliphatic hydroxyl groups excluding tert-OH is 1. The minimum Gasteiger partial charge on any atom is -0.389 e. The molecule has 0 heterocycles. The third kappa shape index (κ3) is 2.93. The van der Waals surface area contributed by atoms with Crippen LogP contribution in [0.15, 0.2) is 18.2 Å². The molecule has 0 saturated heterocycles. The van der Waals surface area contributed by atoms with Crippen molar-refractivity contribution in [2.24, 2.45) is 0 Å². The van der Waals surface area contributed by atoms with Crippen molar-refractivity contribution in [3.05, 3.63) is 29.6 Å². The minimum absolute atomic E-state index is 0.0310. The standard InChI is InChI=1S/C12H12FN3O/c1-9(17)12-10(13)3-2-4-11(12)16(7-5-14)8-6-15/h2-4,9,17H,7-8H2,1H3. The number of nitriles is 2. The molecule has 0 bridgehead atoms. The molecule has 0 saturated carbocycles. The lowest BCUT2D eigenvalue weighted by molar-refractivity contribution is 0.194. The largest absolute Gasteiger partial charge is 0.389 e. The fourth-order valence-electron chi connectivity index (χ4n) is 1.61. The second kappa shape index (κ2) is 5.83. The van der Waals surface area contributed by atoms with Crippen LogP contribution in [0.3, 0.4) is 0 Å². The quantitative estimate of drug-likeness (QED) is 0.804. The van der Waals surface area contributed by atoms with Gasteiger partial charge in [0, 0.05) is 11.3 Å². The van der Waals surface area contributed by atoms with Gasteiger partial charge in [-0.25, -0.2) is 4.39 Å². The first-order valence-electron chi connectivity index (χ1n) is 5.07. The molecule has 0 aliphatic heterocycles. The first kappa shape index (κ1) is 13.0. The van der Waals surface area contributed by atoms with E-state index in [1.165, 1.54) is 24.0 Å². The average molecular weight is 233 g/mol. The number of nitrogens with zero attached hydrogens (tertiary/aromatic N) is 3. The predicted octanol–water partition coefficient (Wildman–Crippen LogP) is 1.73. The van der Waals surface area contributed by atoms with Gasteiger partial charge in [0.2, 0.25) is 0 Å². The third-order valence-corrected chi connectivity index (χ3v) is 2.31. The molecule has 4 nitrogen and oxygen atoms in total. The number of hydrogen-bond acceptors (Lipinski definition) is 4. The van der Waals surface area contributed by atoms with E-state index < -0.39 is 11.9 Å². The fourth-order valence-corrected chi connectivity index (χ4v) is 1.61. The van der Waals surface area contributed by atoms with Gasteiger partial charge in [0.05, 0.1) is 18.2 Å². The number of halogens is 1. The lowest BCUT2D eigenvalue weighted by atomic mass is 10.1. The smallest absolute Gasteiger partial charge is 0.131 e. The Hall–Kier alpha value is -2.11. The topological polar surface area (TPSA) is 71.0 Å². The summed E-state index contributed by atoms with van der Waals surface area (Å²) in [6.07, 6.45) is -0.994. The maximum absolute atomic E-state index is 13.6. The van der Waals surface area contributed by atoms with Crippen LogP contribution in [0.5, 0.6) is 0 Å². The van der Waals surface area contributed by atoms with Crippen molar-refractivity contribution in [2.45, 2.75) is 13.0 Å². The van der Waals surface area contributed by atoms with E-state index in [4.69, 9.17) is 10.5 Å². The van der Waals surface area contributed by atoms with Gasteiger partial charge in [-0.2, -0.15) is 10.5 Å². The molecule has 1 rings (SSSR count). The van der Waals surface area contributed by atoms with Crippen LogP contribution in [0.25, 0.3) is 0 Å². The summed E-state index contributed by atoms with van der Waals surface area (Å²) in [5.74, 6) is -0.543. The average Bonchev–Trinajstić information content (AvgIpc) is 2.28. The Morgan fingerprint density at radius 1 is 1.35 bits per heavy atom. The molecular formula is C12H12FN3O. The lowest BCUT2D eigenvalue weighted by Gasteiger charge is -2.23. The normalized spacial score (nSPS) is 11.4. The summed E-state index contributed by atoms with van der Waals surface area (Å²) in [6, 6.07) is 8.12. The van der Waals surface area contributed by atoms with Crippen LogP contribution in [-0.2, 0) is 0 Å². The zero-order valence-corrected chi connectivity index (χ0v) is 9.39. The Kier molecular flexibility index (Phi) is 4.45. The van der Waals surface area contributed by atoms with Crippen LogP contribution < -0.4 is 4.90 Å². The van der Waals surface area contributed by atoms with Crippen molar-refractivity contribution in [1.82, 2.24) is 0 Å². The highest BCUT2D eigenvalue weighted by molar-refractivity contribution is 5.56. The number of rotatable bonds is 4. The van der Waals surface area contributed by atoms with E-state index in [1.54, 1.807) is 6.07 Å². The SMILES string of the molecule is CC(O)c1c(F)cccc1N(CC#N)CC#N. The lowest BCUT2D eigenvalue weighted by Crippen LogP contribution is -2.25. The highest BCUT2D eigenvalue weighted by atomic mass is 19.1. The number of aliphatic hydroxyl groups is 1. The maximum atomic E-state index is 13.6. The Balaban J connectivity index is 3.24. The van der Waals surface area contributed by atoms with E-state index in [0.29, 0.717) is 5.69 Å². The van der Waals surface area contributed by atoms with E-state index in [9.17, 15) is 9.50 Å². The summed E-state index contributed by atoms with van der Waals surface area (Å²) in [5, 5.41) is 26.9. The molecule has 0 spiro atoms. The zero-order chi connectivity index (χ0) is 12.8. The van der Waals surface area contributed by atoms with Crippen molar-refractivity contribution in [2.75, 3.05) is 18.0 Å². The molecule has 0 amide bonds. The van der Waals surface area contributed by atoms with Crippen molar-refractivity contribution >= 4 is 5.69 Å². The molecule has 0 aliphatic rings. The second-order valence-electron chi connectivity index (χ2n) is 3.52. The van der Waals surface area contributed by atoms with Gasteiger partial charge in [-0.1, -0.05) is 6.07 Å². The molecule has 1 atom stereocenters. The number of anilines is 1. The molecule has 1 unspecified atom stereocenters. The van der Waals surface area contributed by atoms with E-state index in [1.807, 2.05) is 12.1 Å². The Labute approximate surface area is 99.1 Å². The van der Waals surface area contributed by atoms with Gasteiger partial charge < -0.3 is 10.0 Å². The van der Waals surface area contributed by atoms with Crippen molar-refractivity contribution in [1.29, 1.82) is 10.5 Å². The number of benzene rings is 1. The van der Waals surface area contributed by atoms with Crippen molar-refractivity contribution < 1.29 is 9.50 Å². The van der Waals surface area contributed by atoms with Crippen LogP contribution in [0.4, 0.5) is 10.1 Å². The molecule has 0 fully saturated rings. The molecular weight excluding hydrogens is 221 g/mol. The first-order chi connectivity index (χ1) is 8.11. The monoisotopic (exact) mass is 233 g/mol. The highest BCUT2D eigenvalue weighted by Crippen LogP contribution is 2.28. The summed E-state index contributed by atoms with van der Waals surface area (Å²) in [7, 11) is 0. The van der Waals surface area contributed by atoms with E-state index in [2.05, 4.69) is 0 Å². The van der Waals surface area contributed by atoms with Gasteiger partial charge >= 0.3 is 0 Å². The van der Waals surface area contributed by atoms with Gasteiger partial charge in [-0.15, -0.1) is 0 Å². The van der Waals surface area contributed by atoms with E-state index in [-0.39, 0.29) is 18.7 Å². The van der Waals surface area contributed by atoms with E-state index in [0.717, 1.165) is 0 Å².